The van der Waals surface area contributed by atoms with Crippen LogP contribution in [-0.2, 0) is 4.74 Å². The van der Waals surface area contributed by atoms with Crippen molar-refractivity contribution in [2.75, 3.05) is 13.2 Å². The van der Waals surface area contributed by atoms with Crippen molar-refractivity contribution in [1.29, 1.82) is 0 Å². The Labute approximate surface area is 175 Å². The normalized spacial score (nSPS) is 13.2. The van der Waals surface area contributed by atoms with Crippen molar-refractivity contribution < 1.29 is 26.7 Å². The van der Waals surface area contributed by atoms with E-state index in [4.69, 9.17) is 4.74 Å². The summed E-state index contributed by atoms with van der Waals surface area (Å²) in [6.45, 7) is 8.47. The van der Waals surface area contributed by atoms with Gasteiger partial charge in [-0.05, 0) is 31.1 Å². The molecular weight excluding hydrogens is 387 g/mol. The third-order valence-electron chi connectivity index (χ3n) is 5.16. The van der Waals surface area contributed by atoms with Crippen LogP contribution in [0.25, 0.3) is 0 Å². The first kappa shape index (κ1) is 28.6. The lowest BCUT2D eigenvalue weighted by molar-refractivity contribution is -0.284. The zero-order valence-corrected chi connectivity index (χ0v) is 18.8. The molecule has 176 valence electrons. The molecule has 0 saturated heterocycles. The van der Waals surface area contributed by atoms with Crippen molar-refractivity contribution in [3.8, 4) is 0 Å². The van der Waals surface area contributed by atoms with E-state index in [0.717, 1.165) is 51.7 Å². The van der Waals surface area contributed by atoms with E-state index >= 15 is 0 Å². The summed E-state index contributed by atoms with van der Waals surface area (Å²) in [5.41, 5.74) is 0.387. The van der Waals surface area contributed by atoms with Crippen molar-refractivity contribution >= 4 is 0 Å². The lowest BCUT2D eigenvalue weighted by Crippen LogP contribution is -2.36. The average Bonchev–Trinajstić information content (AvgIpc) is 2.58. The first-order valence-electron chi connectivity index (χ1n) is 11.5. The zero-order chi connectivity index (χ0) is 22.2. The fraction of sp³-hybridized carbons (Fsp3) is 1.00. The number of hydrogen-bond acceptors (Lipinski definition) is 1. The Hall–Kier alpha value is -0.390. The van der Waals surface area contributed by atoms with Crippen molar-refractivity contribution in [3.05, 3.63) is 0 Å². The van der Waals surface area contributed by atoms with Crippen LogP contribution in [0, 0.1) is 5.41 Å². The summed E-state index contributed by atoms with van der Waals surface area (Å²) in [5, 5.41) is 0. The van der Waals surface area contributed by atoms with Crippen LogP contribution < -0.4 is 0 Å². The van der Waals surface area contributed by atoms with Gasteiger partial charge in [-0.25, -0.2) is 0 Å². The number of hydrogen-bond donors (Lipinski definition) is 0. The molecule has 0 atom stereocenters. The molecule has 0 radical (unpaired) electrons. The molecule has 0 unspecified atom stereocenters. The SMILES string of the molecule is CC(C)(C)CCCOCCCCCCCCCCCCCCC(F)(F)C(F)(F)F. The van der Waals surface area contributed by atoms with E-state index in [9.17, 15) is 22.0 Å². The van der Waals surface area contributed by atoms with Crippen LogP contribution in [0.1, 0.15) is 117 Å². The molecule has 1 nitrogen and oxygen atoms in total. The van der Waals surface area contributed by atoms with E-state index < -0.39 is 18.5 Å². The number of halogens is 5. The molecule has 0 aliphatic rings. The van der Waals surface area contributed by atoms with Crippen LogP contribution in [0.5, 0.6) is 0 Å². The molecule has 0 aromatic carbocycles. The summed E-state index contributed by atoms with van der Waals surface area (Å²) in [4.78, 5) is 0. The monoisotopic (exact) mass is 430 g/mol. The molecule has 0 amide bonds. The van der Waals surface area contributed by atoms with Gasteiger partial charge in [-0.2, -0.15) is 22.0 Å². The van der Waals surface area contributed by atoms with E-state index in [2.05, 4.69) is 20.8 Å². The van der Waals surface area contributed by atoms with E-state index in [1.54, 1.807) is 0 Å². The van der Waals surface area contributed by atoms with E-state index in [0.29, 0.717) is 11.8 Å². The number of unbranched alkanes of at least 4 members (excludes halogenated alkanes) is 11. The summed E-state index contributed by atoms with van der Waals surface area (Å²) >= 11 is 0. The first-order valence-corrected chi connectivity index (χ1v) is 11.5. The lowest BCUT2D eigenvalue weighted by atomic mass is 9.91. The fourth-order valence-electron chi connectivity index (χ4n) is 3.27. The van der Waals surface area contributed by atoms with Crippen LogP contribution in [-0.4, -0.2) is 25.3 Å². The van der Waals surface area contributed by atoms with Gasteiger partial charge in [0.05, 0.1) is 0 Å². The molecule has 0 aromatic heterocycles. The Morgan fingerprint density at radius 3 is 1.28 bits per heavy atom. The lowest BCUT2D eigenvalue weighted by Gasteiger charge is -2.19. The van der Waals surface area contributed by atoms with Gasteiger partial charge in [0.2, 0.25) is 0 Å². The summed E-state index contributed by atoms with van der Waals surface area (Å²) in [6.07, 6.45) is 7.23. The van der Waals surface area contributed by atoms with Crippen molar-refractivity contribution in [1.82, 2.24) is 0 Å². The standard InChI is InChI=1S/C23H43F5O/c1-21(2,3)17-16-20-29-19-15-13-11-9-7-5-4-6-8-10-12-14-18-22(24,25)23(26,27)28/h4-20H2,1-3H3. The highest BCUT2D eigenvalue weighted by Crippen LogP contribution is 2.39. The van der Waals surface area contributed by atoms with E-state index in [1.165, 1.54) is 38.5 Å². The molecule has 0 aromatic rings. The first-order chi connectivity index (χ1) is 13.5. The molecule has 0 bridgehead atoms. The maximum absolute atomic E-state index is 12.7. The van der Waals surface area contributed by atoms with Crippen molar-refractivity contribution in [3.63, 3.8) is 0 Å². The molecule has 0 fully saturated rings. The number of rotatable bonds is 18. The minimum absolute atomic E-state index is 0.0627. The summed E-state index contributed by atoms with van der Waals surface area (Å²) in [7, 11) is 0. The van der Waals surface area contributed by atoms with Gasteiger partial charge in [0, 0.05) is 19.6 Å². The van der Waals surface area contributed by atoms with Gasteiger partial charge >= 0.3 is 12.1 Å². The quantitative estimate of drug-likeness (QED) is 0.156. The van der Waals surface area contributed by atoms with Crippen molar-refractivity contribution in [2.45, 2.75) is 129 Å². The maximum atomic E-state index is 12.7. The molecule has 0 heterocycles. The van der Waals surface area contributed by atoms with Gasteiger partial charge in [-0.3, -0.25) is 0 Å². The molecule has 0 rings (SSSR count). The van der Waals surface area contributed by atoms with Gasteiger partial charge in [0.15, 0.2) is 0 Å². The second-order valence-corrected chi connectivity index (χ2v) is 9.47. The summed E-state index contributed by atoms with van der Waals surface area (Å²) in [5.74, 6) is -4.54. The highest BCUT2D eigenvalue weighted by molar-refractivity contribution is 4.75. The van der Waals surface area contributed by atoms with Gasteiger partial charge < -0.3 is 4.74 Å². The largest absolute Gasteiger partial charge is 0.453 e. The van der Waals surface area contributed by atoms with Gasteiger partial charge in [-0.15, -0.1) is 0 Å². The number of ether oxygens (including phenoxy) is 1. The third-order valence-corrected chi connectivity index (χ3v) is 5.16. The number of alkyl halides is 5. The average molecular weight is 431 g/mol. The van der Waals surface area contributed by atoms with Gasteiger partial charge in [-0.1, -0.05) is 85.0 Å². The van der Waals surface area contributed by atoms with Crippen LogP contribution in [0.3, 0.4) is 0 Å². The Morgan fingerprint density at radius 2 is 0.862 bits per heavy atom. The molecule has 29 heavy (non-hydrogen) atoms. The van der Waals surface area contributed by atoms with Crippen LogP contribution >= 0.6 is 0 Å². The minimum Gasteiger partial charge on any atom is -0.381 e. The Bertz CT molecular complexity index is 374. The predicted molar refractivity (Wildman–Crippen MR) is 111 cm³/mol. The zero-order valence-electron chi connectivity index (χ0n) is 18.8. The molecular formula is C23H43F5O. The Balaban J connectivity index is 3.23. The highest BCUT2D eigenvalue weighted by atomic mass is 19.4. The second kappa shape index (κ2) is 15.4. The second-order valence-electron chi connectivity index (χ2n) is 9.47. The van der Waals surface area contributed by atoms with Crippen LogP contribution in [0.2, 0.25) is 0 Å². The molecule has 6 heteroatoms. The van der Waals surface area contributed by atoms with Crippen molar-refractivity contribution in [2.24, 2.45) is 5.41 Å². The summed E-state index contributed by atoms with van der Waals surface area (Å²) in [6, 6.07) is 0. The molecule has 0 N–H and O–H groups in total. The molecule has 0 spiro atoms. The highest BCUT2D eigenvalue weighted by Gasteiger charge is 2.56. The smallest absolute Gasteiger partial charge is 0.381 e. The van der Waals surface area contributed by atoms with Crippen LogP contribution in [0.4, 0.5) is 22.0 Å². The fourth-order valence-corrected chi connectivity index (χ4v) is 3.27. The Kier molecular flexibility index (Phi) is 15.2. The molecule has 0 aliphatic heterocycles. The maximum Gasteiger partial charge on any atom is 0.453 e. The predicted octanol–water partition coefficient (Wildman–Crippen LogP) is 9.10. The molecule has 0 saturated carbocycles. The van der Waals surface area contributed by atoms with Crippen LogP contribution in [0.15, 0.2) is 0 Å². The van der Waals surface area contributed by atoms with E-state index in [1.807, 2.05) is 0 Å². The topological polar surface area (TPSA) is 9.23 Å². The van der Waals surface area contributed by atoms with Gasteiger partial charge in [0.1, 0.15) is 0 Å². The Morgan fingerprint density at radius 1 is 0.483 bits per heavy atom. The van der Waals surface area contributed by atoms with Gasteiger partial charge in [0.25, 0.3) is 0 Å². The van der Waals surface area contributed by atoms with E-state index in [-0.39, 0.29) is 6.42 Å². The summed E-state index contributed by atoms with van der Waals surface area (Å²) < 4.78 is 67.2. The molecule has 0 aliphatic carbocycles. The third kappa shape index (κ3) is 18.1. The minimum atomic E-state index is -5.41.